The quantitative estimate of drug-likeness (QED) is 0.0225. The molecule has 6 aliphatic heterocycles. The molecule has 0 bridgehead atoms. The summed E-state index contributed by atoms with van der Waals surface area (Å²) < 4.78 is 84.5. The summed E-state index contributed by atoms with van der Waals surface area (Å²) in [7, 11) is 1.05. The van der Waals surface area contributed by atoms with E-state index in [1.807, 2.05) is 0 Å². The number of aldehydes is 1. The van der Waals surface area contributed by atoms with Crippen LogP contribution in [0.1, 0.15) is 127 Å². The van der Waals surface area contributed by atoms with E-state index in [1.165, 1.54) is 13.8 Å². The van der Waals surface area contributed by atoms with Gasteiger partial charge in [-0.25, -0.2) is 4.79 Å². The Hall–Kier alpha value is -3.18. The highest BCUT2D eigenvalue weighted by Gasteiger charge is 2.71. The average molecular weight is 1420 g/mol. The Morgan fingerprint density at radius 2 is 1.10 bits per heavy atom. The zero-order valence-electron chi connectivity index (χ0n) is 57.4. The topological polar surface area (TPSA) is 481 Å². The van der Waals surface area contributed by atoms with Crippen LogP contribution in [0.4, 0.5) is 0 Å². The SMILES string of the molecule is COC(=O)C1OC(OC2CCC3(C)C(CCC4(C)C3CC=C3C5CC(C)(C)CCC5(C(=O)OC5OC(C)C(OC(C)=O)C(OC6OC(CO)C(O)C6O)C5OC5OC(C)C(OC6OCC(O)C(O)C6O)C(O)C5O)CCC34C)C2(C)C=O)C(OC2OC(CO)C(O)C(O)C2O)C(O)C1O. The Balaban J connectivity index is 0.879. The van der Waals surface area contributed by atoms with Gasteiger partial charge in [0.15, 0.2) is 49.8 Å². The molecule has 0 amide bonds. The summed E-state index contributed by atoms with van der Waals surface area (Å²) in [5, 5.41) is 152. The summed E-state index contributed by atoms with van der Waals surface area (Å²) in [5.41, 5.74) is -3.29. The Morgan fingerprint density at radius 3 is 1.74 bits per heavy atom. The maximum absolute atomic E-state index is 16.1. The smallest absolute Gasteiger partial charge is 0.337 e. The van der Waals surface area contributed by atoms with Crippen molar-refractivity contribution in [2.75, 3.05) is 26.9 Å². The molecule has 0 aromatic carbocycles. The lowest BCUT2D eigenvalue weighted by molar-refractivity contribution is -0.382. The van der Waals surface area contributed by atoms with Crippen molar-refractivity contribution in [2.45, 2.75) is 305 Å². The van der Waals surface area contributed by atoms with Crippen molar-refractivity contribution in [3.8, 4) is 0 Å². The molecule has 564 valence electrons. The van der Waals surface area contributed by atoms with Gasteiger partial charge in [0.2, 0.25) is 6.29 Å². The monoisotopic (exact) mass is 1420 g/mol. The molecule has 6 heterocycles. The summed E-state index contributed by atoms with van der Waals surface area (Å²) in [5.74, 6) is -3.42. The van der Waals surface area contributed by atoms with Crippen LogP contribution < -0.4 is 0 Å². The van der Waals surface area contributed by atoms with Gasteiger partial charge in [0.05, 0.1) is 56.1 Å². The Labute approximate surface area is 572 Å². The fourth-order valence-electron chi connectivity index (χ4n) is 19.2. The number of allylic oxidation sites excluding steroid dienone is 2. The molecule has 0 radical (unpaired) electrons. The molecule has 6 saturated heterocycles. The van der Waals surface area contributed by atoms with Gasteiger partial charge >= 0.3 is 17.9 Å². The van der Waals surface area contributed by atoms with E-state index >= 15 is 4.79 Å². The molecule has 11 aliphatic rings. The van der Waals surface area contributed by atoms with E-state index in [9.17, 15) is 85.9 Å². The first kappa shape index (κ1) is 76.9. The molecular weight excluding hydrogens is 1320 g/mol. The number of carbonyl (C=O) groups excluding carboxylic acids is 4. The highest BCUT2D eigenvalue weighted by atomic mass is 16.8. The maximum Gasteiger partial charge on any atom is 0.337 e. The number of aliphatic hydroxyl groups is 14. The van der Waals surface area contributed by atoms with Gasteiger partial charge in [-0.2, -0.15) is 0 Å². The summed E-state index contributed by atoms with van der Waals surface area (Å²) in [6, 6.07) is 0. The predicted octanol–water partition coefficient (Wildman–Crippen LogP) is -3.12. The molecular formula is C67H104O32. The van der Waals surface area contributed by atoms with E-state index < -0.39 is 249 Å². The van der Waals surface area contributed by atoms with Crippen LogP contribution in [-0.2, 0) is 85.5 Å². The zero-order chi connectivity index (χ0) is 72.3. The first-order chi connectivity index (χ1) is 46.5. The molecule has 5 aliphatic carbocycles. The molecule has 4 saturated carbocycles. The second kappa shape index (κ2) is 28.9. The third-order valence-corrected chi connectivity index (χ3v) is 25.2. The molecule has 99 heavy (non-hydrogen) atoms. The van der Waals surface area contributed by atoms with Crippen molar-refractivity contribution in [1.82, 2.24) is 0 Å². The summed E-state index contributed by atoms with van der Waals surface area (Å²) in [6.07, 6.45) is -40.7. The van der Waals surface area contributed by atoms with Crippen molar-refractivity contribution >= 4 is 24.2 Å². The van der Waals surface area contributed by atoms with E-state index in [2.05, 4.69) is 40.7 Å². The van der Waals surface area contributed by atoms with Crippen LogP contribution >= 0.6 is 0 Å². The van der Waals surface area contributed by atoms with Gasteiger partial charge in [-0.1, -0.05) is 53.2 Å². The first-order valence-electron chi connectivity index (χ1n) is 34.7. The predicted molar refractivity (Wildman–Crippen MR) is 328 cm³/mol. The van der Waals surface area contributed by atoms with Gasteiger partial charge in [0.25, 0.3) is 0 Å². The molecule has 11 rings (SSSR count). The molecule has 37 unspecified atom stereocenters. The van der Waals surface area contributed by atoms with E-state index in [1.54, 1.807) is 6.92 Å². The van der Waals surface area contributed by atoms with Gasteiger partial charge in [-0.15, -0.1) is 0 Å². The minimum atomic E-state index is -2.02. The number of rotatable bonds is 17. The minimum Gasteiger partial charge on any atom is -0.467 e. The van der Waals surface area contributed by atoms with Crippen molar-refractivity contribution in [3.05, 3.63) is 11.6 Å². The highest BCUT2D eigenvalue weighted by molar-refractivity contribution is 5.79. The van der Waals surface area contributed by atoms with Crippen LogP contribution in [0.25, 0.3) is 0 Å². The number of hydrogen-bond donors (Lipinski definition) is 14. The highest BCUT2D eigenvalue weighted by Crippen LogP contribution is 2.76. The number of ether oxygens (including phenoxy) is 14. The second-order valence-corrected chi connectivity index (χ2v) is 31.4. The number of carbonyl (C=O) groups is 4. The molecule has 37 atom stereocenters. The lowest BCUT2D eigenvalue weighted by atomic mass is 9.33. The summed E-state index contributed by atoms with van der Waals surface area (Å²) in [4.78, 5) is 56.2. The number of fused-ring (bicyclic) bond motifs is 7. The largest absolute Gasteiger partial charge is 0.467 e. The van der Waals surface area contributed by atoms with E-state index in [4.69, 9.17) is 66.3 Å². The van der Waals surface area contributed by atoms with Gasteiger partial charge < -0.3 is 143 Å². The van der Waals surface area contributed by atoms with Crippen molar-refractivity contribution in [3.63, 3.8) is 0 Å². The molecule has 0 aromatic heterocycles. The van der Waals surface area contributed by atoms with Crippen LogP contribution in [-0.4, -0.2) is 301 Å². The van der Waals surface area contributed by atoms with E-state index in [-0.39, 0.29) is 23.7 Å². The summed E-state index contributed by atoms with van der Waals surface area (Å²) in [6.45, 7) is 14.9. The third-order valence-electron chi connectivity index (χ3n) is 25.2. The van der Waals surface area contributed by atoms with Crippen molar-refractivity contribution in [2.24, 2.45) is 50.2 Å². The fourth-order valence-corrected chi connectivity index (χ4v) is 19.2. The number of hydrogen-bond acceptors (Lipinski definition) is 32. The Kier molecular flexibility index (Phi) is 22.5. The van der Waals surface area contributed by atoms with Crippen molar-refractivity contribution < 1.29 is 157 Å². The lowest BCUT2D eigenvalue weighted by Gasteiger charge is -2.71. The molecule has 14 N–H and O–H groups in total. The van der Waals surface area contributed by atoms with Gasteiger partial charge in [0.1, 0.15) is 110 Å². The maximum atomic E-state index is 16.1. The Morgan fingerprint density at radius 1 is 0.545 bits per heavy atom. The van der Waals surface area contributed by atoms with Gasteiger partial charge in [-0.05, 0) is 117 Å². The van der Waals surface area contributed by atoms with E-state index in [0.717, 1.165) is 25.9 Å². The van der Waals surface area contributed by atoms with Crippen LogP contribution in [0.2, 0.25) is 0 Å². The van der Waals surface area contributed by atoms with E-state index in [0.29, 0.717) is 57.8 Å². The zero-order valence-corrected chi connectivity index (χ0v) is 57.4. The van der Waals surface area contributed by atoms with Gasteiger partial charge in [0, 0.05) is 6.92 Å². The second-order valence-electron chi connectivity index (χ2n) is 31.4. The standard InChI is InChI=1S/C67H104O32/c1-26-48(94-55-44(80)37(73)31(72)24-87-55)43(79)47(83)56(88-26)98-53-52(97-57-45(81)39(75)33(23-69)92-57)49(90-28(3)71)27(2)89-60(53)99-61(85)67-19-17-62(4,5)21-30(67)29-11-12-35-63(6)15-14-36(64(7,25-70)34(63)13-16-66(35,9)65(29,8)18-20-67)93-59-51(42(78)41(77)50(95-59)54(84)86-10)96-58-46(82)40(76)38(74)32(22-68)91-58/h11,25-27,30-53,55-60,68-69,72-83H,12-24H2,1-10H3. The average Bonchev–Trinajstić information content (AvgIpc) is 1.17. The lowest BCUT2D eigenvalue weighted by Crippen LogP contribution is -2.68. The Bertz CT molecular complexity index is 2900. The molecule has 32 heteroatoms. The normalized spacial score (nSPS) is 52.7. The van der Waals surface area contributed by atoms with Gasteiger partial charge in [-0.3, -0.25) is 9.59 Å². The number of aliphatic hydroxyl groups excluding tert-OH is 14. The molecule has 0 aromatic rings. The fraction of sp³-hybridized carbons (Fsp3) is 0.910. The first-order valence-corrected chi connectivity index (χ1v) is 34.7. The number of methoxy groups -OCH3 is 1. The minimum absolute atomic E-state index is 0.0644. The van der Waals surface area contributed by atoms with Crippen molar-refractivity contribution in [1.29, 1.82) is 0 Å². The summed E-state index contributed by atoms with van der Waals surface area (Å²) >= 11 is 0. The third kappa shape index (κ3) is 13.3. The number of esters is 3. The molecule has 10 fully saturated rings. The van der Waals surface area contributed by atoms with Crippen LogP contribution in [0.5, 0.6) is 0 Å². The molecule has 32 nitrogen and oxygen atoms in total. The van der Waals surface area contributed by atoms with Crippen LogP contribution in [0.3, 0.4) is 0 Å². The van der Waals surface area contributed by atoms with Crippen LogP contribution in [0, 0.1) is 50.2 Å². The van der Waals surface area contributed by atoms with Crippen LogP contribution in [0.15, 0.2) is 11.6 Å². The molecule has 0 spiro atoms.